The van der Waals surface area contributed by atoms with E-state index in [1.807, 2.05) is 13.2 Å². The first kappa shape index (κ1) is 17.2. The molecule has 116 valence electrons. The summed E-state index contributed by atoms with van der Waals surface area (Å²) in [6.45, 7) is 1.89. The number of carboxylic acids is 1. The predicted molar refractivity (Wildman–Crippen MR) is 77.9 cm³/mol. The van der Waals surface area contributed by atoms with E-state index in [2.05, 4.69) is 10.6 Å². The fourth-order valence-corrected chi connectivity index (χ4v) is 2.36. The van der Waals surface area contributed by atoms with Gasteiger partial charge in [-0.05, 0) is 18.7 Å². The summed E-state index contributed by atoms with van der Waals surface area (Å²) in [6.07, 6.45) is 2.58. The Bertz CT molecular complexity index is 540. The van der Waals surface area contributed by atoms with Crippen LogP contribution < -0.4 is 10.6 Å². The second-order valence-corrected chi connectivity index (χ2v) is 5.19. The Morgan fingerprint density at radius 3 is 2.48 bits per heavy atom. The molecule has 8 heteroatoms. The van der Waals surface area contributed by atoms with Crippen LogP contribution in [0.25, 0.3) is 0 Å². The van der Waals surface area contributed by atoms with Crippen molar-refractivity contribution in [2.24, 2.45) is 0 Å². The number of carbonyl (C=O) groups is 2. The van der Waals surface area contributed by atoms with Gasteiger partial charge in [0.2, 0.25) is 0 Å². The first-order valence-electron chi connectivity index (χ1n) is 6.17. The summed E-state index contributed by atoms with van der Waals surface area (Å²) in [6, 6.07) is 0.420. The Labute approximate surface area is 125 Å². The summed E-state index contributed by atoms with van der Waals surface area (Å²) in [7, 11) is 0. The quantitative estimate of drug-likeness (QED) is 0.753. The van der Waals surface area contributed by atoms with Crippen LogP contribution in [-0.4, -0.2) is 35.2 Å². The van der Waals surface area contributed by atoms with Gasteiger partial charge in [0.15, 0.2) is 11.6 Å². The molecule has 2 amide bonds. The van der Waals surface area contributed by atoms with Gasteiger partial charge >= 0.3 is 12.0 Å². The molecule has 3 N–H and O–H groups in total. The van der Waals surface area contributed by atoms with Crippen LogP contribution in [0, 0.1) is 11.6 Å². The van der Waals surface area contributed by atoms with Crippen molar-refractivity contribution >= 4 is 29.4 Å². The zero-order chi connectivity index (χ0) is 16.0. The lowest BCUT2D eigenvalue weighted by Gasteiger charge is -2.17. The van der Waals surface area contributed by atoms with Crippen LogP contribution in [0.15, 0.2) is 12.1 Å². The van der Waals surface area contributed by atoms with Gasteiger partial charge in [-0.2, -0.15) is 11.8 Å². The van der Waals surface area contributed by atoms with Crippen molar-refractivity contribution in [3.05, 3.63) is 29.3 Å². The first-order valence-corrected chi connectivity index (χ1v) is 7.57. The van der Waals surface area contributed by atoms with Crippen molar-refractivity contribution in [2.75, 3.05) is 17.3 Å². The van der Waals surface area contributed by atoms with Gasteiger partial charge in [0, 0.05) is 17.9 Å². The molecular formula is C13H16F2N2O3S. The molecule has 21 heavy (non-hydrogen) atoms. The predicted octanol–water partition coefficient (Wildman–Crippen LogP) is 2.93. The minimum Gasteiger partial charge on any atom is -0.478 e. The molecule has 0 aromatic heterocycles. The highest BCUT2D eigenvalue weighted by atomic mass is 32.2. The summed E-state index contributed by atoms with van der Waals surface area (Å²) < 4.78 is 26.2. The Morgan fingerprint density at radius 2 is 1.95 bits per heavy atom. The van der Waals surface area contributed by atoms with Crippen LogP contribution in [0.4, 0.5) is 19.3 Å². The number of anilines is 1. The maximum absolute atomic E-state index is 13.2. The third-order valence-corrected chi connectivity index (χ3v) is 3.47. The molecule has 0 aliphatic heterocycles. The molecule has 0 aliphatic rings. The first-order chi connectivity index (χ1) is 9.88. The Morgan fingerprint density at radius 1 is 1.33 bits per heavy atom. The van der Waals surface area contributed by atoms with Gasteiger partial charge in [0.05, 0.1) is 11.3 Å². The molecule has 0 heterocycles. The average Bonchev–Trinajstić information content (AvgIpc) is 2.41. The molecule has 1 atom stereocenters. The number of aromatic carboxylic acids is 1. The van der Waals surface area contributed by atoms with E-state index in [1.54, 1.807) is 11.8 Å². The Balaban J connectivity index is 2.89. The maximum Gasteiger partial charge on any atom is 0.337 e. The maximum atomic E-state index is 13.2. The van der Waals surface area contributed by atoms with E-state index >= 15 is 0 Å². The van der Waals surface area contributed by atoms with Crippen LogP contribution in [0.3, 0.4) is 0 Å². The largest absolute Gasteiger partial charge is 0.478 e. The van der Waals surface area contributed by atoms with Crippen LogP contribution in [0.2, 0.25) is 0 Å². The van der Waals surface area contributed by atoms with Crippen LogP contribution in [-0.2, 0) is 0 Å². The average molecular weight is 318 g/mol. The molecule has 0 saturated heterocycles. The van der Waals surface area contributed by atoms with E-state index in [0.29, 0.717) is 24.3 Å². The molecule has 0 saturated carbocycles. The number of carbonyl (C=O) groups excluding carboxylic acids is 1. The van der Waals surface area contributed by atoms with E-state index in [1.165, 1.54) is 0 Å². The third-order valence-electron chi connectivity index (χ3n) is 2.73. The van der Waals surface area contributed by atoms with Gasteiger partial charge in [-0.3, -0.25) is 0 Å². The van der Waals surface area contributed by atoms with Crippen molar-refractivity contribution in [3.63, 3.8) is 0 Å². The van der Waals surface area contributed by atoms with Gasteiger partial charge in [-0.1, -0.05) is 6.92 Å². The molecular weight excluding hydrogens is 302 g/mol. The number of amides is 2. The van der Waals surface area contributed by atoms with Crippen LogP contribution >= 0.6 is 11.8 Å². The monoisotopic (exact) mass is 318 g/mol. The summed E-state index contributed by atoms with van der Waals surface area (Å²) in [5.41, 5.74) is -0.806. The number of halogens is 2. The molecule has 1 rings (SSSR count). The lowest BCUT2D eigenvalue weighted by atomic mass is 10.1. The molecule has 1 unspecified atom stereocenters. The zero-order valence-corrected chi connectivity index (χ0v) is 12.4. The van der Waals surface area contributed by atoms with Crippen LogP contribution in [0.5, 0.6) is 0 Å². The number of carboxylic acid groups (broad SMARTS) is 1. The second-order valence-electron chi connectivity index (χ2n) is 4.28. The molecule has 1 aromatic rings. The highest BCUT2D eigenvalue weighted by Gasteiger charge is 2.18. The molecule has 5 nitrogen and oxygen atoms in total. The van der Waals surface area contributed by atoms with E-state index in [-0.39, 0.29) is 11.7 Å². The third kappa shape index (κ3) is 4.89. The van der Waals surface area contributed by atoms with E-state index in [0.717, 1.165) is 0 Å². The Hall–Kier alpha value is -1.83. The normalized spacial score (nSPS) is 11.8. The lowest BCUT2D eigenvalue weighted by Crippen LogP contribution is -2.39. The minimum atomic E-state index is -1.46. The van der Waals surface area contributed by atoms with E-state index < -0.39 is 29.2 Å². The van der Waals surface area contributed by atoms with Crippen molar-refractivity contribution < 1.29 is 23.5 Å². The topological polar surface area (TPSA) is 78.4 Å². The molecule has 0 radical (unpaired) electrons. The number of hydrogen-bond donors (Lipinski definition) is 3. The van der Waals surface area contributed by atoms with Crippen molar-refractivity contribution in [3.8, 4) is 0 Å². The summed E-state index contributed by atoms with van der Waals surface area (Å²) in [5.74, 6) is -3.29. The van der Waals surface area contributed by atoms with Gasteiger partial charge in [-0.25, -0.2) is 18.4 Å². The molecule has 0 bridgehead atoms. The van der Waals surface area contributed by atoms with Gasteiger partial charge in [0.25, 0.3) is 0 Å². The molecule has 1 aromatic carbocycles. The number of nitrogens with one attached hydrogen (secondary N) is 2. The molecule has 0 fully saturated rings. The highest BCUT2D eigenvalue weighted by Crippen LogP contribution is 2.20. The lowest BCUT2D eigenvalue weighted by molar-refractivity contribution is 0.0697. The van der Waals surface area contributed by atoms with Crippen molar-refractivity contribution in [1.82, 2.24) is 5.32 Å². The molecule has 0 spiro atoms. The van der Waals surface area contributed by atoms with Crippen molar-refractivity contribution in [1.29, 1.82) is 0 Å². The van der Waals surface area contributed by atoms with E-state index in [4.69, 9.17) is 5.11 Å². The summed E-state index contributed by atoms with van der Waals surface area (Å²) >= 11 is 1.55. The highest BCUT2D eigenvalue weighted by molar-refractivity contribution is 7.98. The number of thioether (sulfide) groups is 1. The number of urea groups is 1. The van der Waals surface area contributed by atoms with E-state index in [9.17, 15) is 18.4 Å². The summed E-state index contributed by atoms with van der Waals surface area (Å²) in [4.78, 5) is 22.8. The fourth-order valence-electron chi connectivity index (χ4n) is 1.63. The zero-order valence-electron chi connectivity index (χ0n) is 11.6. The fraction of sp³-hybridized carbons (Fsp3) is 0.385. The number of hydrogen-bond acceptors (Lipinski definition) is 3. The van der Waals surface area contributed by atoms with Gasteiger partial charge in [0.1, 0.15) is 0 Å². The minimum absolute atomic E-state index is 0.0985. The second kappa shape index (κ2) is 7.82. The number of benzene rings is 1. The van der Waals surface area contributed by atoms with Gasteiger partial charge in [-0.15, -0.1) is 0 Å². The standard InChI is InChI=1S/C13H16F2N2O3S/c1-3-7(6-21-2)16-13(20)17-11-5-10(15)9(14)4-8(11)12(18)19/h4-5,7H,3,6H2,1-2H3,(H,18,19)(H2,16,17,20). The number of rotatable bonds is 6. The van der Waals surface area contributed by atoms with Crippen molar-refractivity contribution in [2.45, 2.75) is 19.4 Å². The Kier molecular flexibility index (Phi) is 6.41. The van der Waals surface area contributed by atoms with Gasteiger partial charge < -0.3 is 15.7 Å². The smallest absolute Gasteiger partial charge is 0.337 e. The summed E-state index contributed by atoms with van der Waals surface area (Å²) in [5, 5.41) is 13.8. The molecule has 0 aliphatic carbocycles. The SMILES string of the molecule is CCC(CSC)NC(=O)Nc1cc(F)c(F)cc1C(=O)O. The van der Waals surface area contributed by atoms with Crippen LogP contribution in [0.1, 0.15) is 23.7 Å².